The summed E-state index contributed by atoms with van der Waals surface area (Å²) in [5, 5.41) is 0. The molecular weight excluding hydrogens is 284 g/mol. The van der Waals surface area contributed by atoms with E-state index in [2.05, 4.69) is 4.74 Å². The SMILES string of the molecule is CN(Cc1ccc(OC(F)F)cc1)C(=O)C(N)CC(N)=O. The quantitative estimate of drug-likeness (QED) is 0.764. The Labute approximate surface area is 120 Å². The standard InChI is InChI=1S/C13H17F2N3O3/c1-18(12(20)10(16)6-11(17)19)7-8-2-4-9(5-3-8)21-13(14)15/h2-5,10,13H,6-7,16H2,1H3,(H2,17,19). The van der Waals surface area contributed by atoms with Crippen LogP contribution in [0.3, 0.4) is 0 Å². The van der Waals surface area contributed by atoms with Crippen molar-refractivity contribution in [3.63, 3.8) is 0 Å². The zero-order valence-corrected chi connectivity index (χ0v) is 11.5. The van der Waals surface area contributed by atoms with Crippen LogP contribution in [-0.4, -0.2) is 36.4 Å². The van der Waals surface area contributed by atoms with Crippen LogP contribution in [0.4, 0.5) is 8.78 Å². The predicted molar refractivity (Wildman–Crippen MR) is 71.3 cm³/mol. The molecule has 0 aliphatic carbocycles. The number of hydrogen-bond donors (Lipinski definition) is 2. The van der Waals surface area contributed by atoms with Gasteiger partial charge in [-0.3, -0.25) is 9.59 Å². The molecule has 0 radical (unpaired) electrons. The highest BCUT2D eigenvalue weighted by Crippen LogP contribution is 2.16. The summed E-state index contributed by atoms with van der Waals surface area (Å²) in [6.07, 6.45) is -0.232. The first-order valence-corrected chi connectivity index (χ1v) is 6.12. The van der Waals surface area contributed by atoms with E-state index >= 15 is 0 Å². The van der Waals surface area contributed by atoms with Crippen LogP contribution >= 0.6 is 0 Å². The van der Waals surface area contributed by atoms with Gasteiger partial charge >= 0.3 is 6.61 Å². The van der Waals surface area contributed by atoms with Crippen molar-refractivity contribution in [2.24, 2.45) is 11.5 Å². The fraction of sp³-hybridized carbons (Fsp3) is 0.385. The van der Waals surface area contributed by atoms with Crippen molar-refractivity contribution in [3.8, 4) is 5.75 Å². The van der Waals surface area contributed by atoms with Crippen molar-refractivity contribution in [3.05, 3.63) is 29.8 Å². The number of alkyl halides is 2. The fourth-order valence-electron chi connectivity index (χ4n) is 1.72. The topological polar surface area (TPSA) is 98.7 Å². The summed E-state index contributed by atoms with van der Waals surface area (Å²) >= 11 is 0. The van der Waals surface area contributed by atoms with Crippen LogP contribution in [0.25, 0.3) is 0 Å². The Kier molecular flexibility index (Phi) is 6.04. The Bertz CT molecular complexity index is 494. The molecule has 0 aromatic heterocycles. The molecule has 4 N–H and O–H groups in total. The molecule has 0 saturated heterocycles. The average Bonchev–Trinajstić information content (AvgIpc) is 2.38. The number of ether oxygens (including phenoxy) is 1. The van der Waals surface area contributed by atoms with Gasteiger partial charge in [0.1, 0.15) is 5.75 Å². The number of amides is 2. The second kappa shape index (κ2) is 7.53. The van der Waals surface area contributed by atoms with E-state index in [1.54, 1.807) is 12.1 Å². The van der Waals surface area contributed by atoms with Crippen LogP contribution in [0.15, 0.2) is 24.3 Å². The van der Waals surface area contributed by atoms with Crippen LogP contribution in [0.1, 0.15) is 12.0 Å². The minimum absolute atomic E-state index is 0.0353. The predicted octanol–water partition coefficient (Wildman–Crippen LogP) is 0.449. The maximum absolute atomic E-state index is 12.0. The van der Waals surface area contributed by atoms with E-state index in [1.165, 1.54) is 24.1 Å². The van der Waals surface area contributed by atoms with Gasteiger partial charge in [0.05, 0.1) is 12.5 Å². The van der Waals surface area contributed by atoms with Crippen LogP contribution in [0.5, 0.6) is 5.75 Å². The molecule has 1 aromatic rings. The minimum atomic E-state index is -2.88. The molecule has 116 valence electrons. The van der Waals surface area contributed by atoms with Gasteiger partial charge in [0.25, 0.3) is 0 Å². The summed E-state index contributed by atoms with van der Waals surface area (Å²) < 4.78 is 28.2. The highest BCUT2D eigenvalue weighted by molar-refractivity contribution is 5.87. The van der Waals surface area contributed by atoms with Crippen LogP contribution in [0, 0.1) is 0 Å². The van der Waals surface area contributed by atoms with Crippen molar-refractivity contribution in [1.29, 1.82) is 0 Å². The van der Waals surface area contributed by atoms with Crippen LogP contribution in [-0.2, 0) is 16.1 Å². The third-order valence-electron chi connectivity index (χ3n) is 2.68. The number of primary amides is 1. The summed E-state index contributed by atoms with van der Waals surface area (Å²) in [7, 11) is 1.52. The summed E-state index contributed by atoms with van der Waals surface area (Å²) in [5.41, 5.74) is 11.2. The molecule has 8 heteroatoms. The summed E-state index contributed by atoms with van der Waals surface area (Å²) in [6.45, 7) is -2.66. The lowest BCUT2D eigenvalue weighted by atomic mass is 10.1. The van der Waals surface area contributed by atoms with E-state index in [0.717, 1.165) is 0 Å². The number of benzene rings is 1. The summed E-state index contributed by atoms with van der Waals surface area (Å²) in [5.74, 6) is -1.05. The van der Waals surface area contributed by atoms with Gasteiger partial charge in [-0.25, -0.2) is 0 Å². The van der Waals surface area contributed by atoms with Crippen LogP contribution in [0.2, 0.25) is 0 Å². The molecule has 1 unspecified atom stereocenters. The van der Waals surface area contributed by atoms with E-state index in [-0.39, 0.29) is 18.7 Å². The van der Waals surface area contributed by atoms with Crippen molar-refractivity contribution >= 4 is 11.8 Å². The molecule has 0 fully saturated rings. The van der Waals surface area contributed by atoms with Crippen molar-refractivity contribution < 1.29 is 23.1 Å². The van der Waals surface area contributed by atoms with E-state index in [9.17, 15) is 18.4 Å². The first kappa shape index (κ1) is 16.8. The molecule has 6 nitrogen and oxygen atoms in total. The zero-order valence-electron chi connectivity index (χ0n) is 11.5. The average molecular weight is 301 g/mol. The third kappa shape index (κ3) is 5.74. The number of carbonyl (C=O) groups is 2. The minimum Gasteiger partial charge on any atom is -0.435 e. The van der Waals surface area contributed by atoms with Gasteiger partial charge in [-0.1, -0.05) is 12.1 Å². The number of nitrogens with zero attached hydrogens (tertiary/aromatic N) is 1. The second-order valence-corrected chi connectivity index (χ2v) is 4.49. The molecule has 0 heterocycles. The molecule has 0 saturated carbocycles. The lowest BCUT2D eigenvalue weighted by Crippen LogP contribution is -2.43. The molecule has 0 aliphatic rings. The molecule has 0 bridgehead atoms. The van der Waals surface area contributed by atoms with Gasteiger partial charge in [0.15, 0.2) is 0 Å². The molecular formula is C13H17F2N3O3. The maximum Gasteiger partial charge on any atom is 0.387 e. The van der Waals surface area contributed by atoms with Crippen molar-refractivity contribution in [1.82, 2.24) is 4.90 Å². The molecule has 0 aliphatic heterocycles. The van der Waals surface area contributed by atoms with Crippen molar-refractivity contribution in [2.45, 2.75) is 25.6 Å². The first-order valence-electron chi connectivity index (χ1n) is 6.12. The van der Waals surface area contributed by atoms with Gasteiger partial charge in [-0.15, -0.1) is 0 Å². The second-order valence-electron chi connectivity index (χ2n) is 4.49. The smallest absolute Gasteiger partial charge is 0.387 e. The highest BCUT2D eigenvalue weighted by Gasteiger charge is 2.20. The van der Waals surface area contributed by atoms with Gasteiger partial charge < -0.3 is 21.1 Å². The van der Waals surface area contributed by atoms with Gasteiger partial charge in [0, 0.05) is 13.6 Å². The Morgan fingerprint density at radius 1 is 1.29 bits per heavy atom. The first-order chi connectivity index (χ1) is 9.79. The molecule has 1 rings (SSSR count). The Morgan fingerprint density at radius 3 is 2.33 bits per heavy atom. The number of nitrogens with two attached hydrogens (primary N) is 2. The van der Waals surface area contributed by atoms with Crippen LogP contribution < -0.4 is 16.2 Å². The number of halogens is 2. The van der Waals surface area contributed by atoms with E-state index in [1.807, 2.05) is 0 Å². The lowest BCUT2D eigenvalue weighted by molar-refractivity contribution is -0.133. The lowest BCUT2D eigenvalue weighted by Gasteiger charge is -2.20. The fourth-order valence-corrected chi connectivity index (χ4v) is 1.72. The Hall–Kier alpha value is -2.22. The maximum atomic E-state index is 12.0. The monoisotopic (exact) mass is 301 g/mol. The number of likely N-dealkylation sites (N-methyl/N-ethyl adjacent to an activating group) is 1. The summed E-state index contributed by atoms with van der Waals surface area (Å²) in [4.78, 5) is 23.9. The normalized spacial score (nSPS) is 12.0. The van der Waals surface area contributed by atoms with E-state index < -0.39 is 24.5 Å². The molecule has 1 aromatic carbocycles. The molecule has 1 atom stereocenters. The molecule has 2 amide bonds. The van der Waals surface area contributed by atoms with E-state index in [0.29, 0.717) is 5.56 Å². The molecule has 21 heavy (non-hydrogen) atoms. The van der Waals surface area contributed by atoms with Gasteiger partial charge in [-0.2, -0.15) is 8.78 Å². The Balaban J connectivity index is 2.59. The zero-order chi connectivity index (χ0) is 16.0. The largest absolute Gasteiger partial charge is 0.435 e. The summed E-state index contributed by atoms with van der Waals surface area (Å²) in [6, 6.07) is 4.88. The van der Waals surface area contributed by atoms with E-state index in [4.69, 9.17) is 11.5 Å². The van der Waals surface area contributed by atoms with Gasteiger partial charge in [0.2, 0.25) is 11.8 Å². The van der Waals surface area contributed by atoms with Gasteiger partial charge in [-0.05, 0) is 17.7 Å². The number of carbonyl (C=O) groups excluding carboxylic acids is 2. The molecule has 0 spiro atoms. The Morgan fingerprint density at radius 2 is 1.86 bits per heavy atom. The van der Waals surface area contributed by atoms with Crippen molar-refractivity contribution in [2.75, 3.05) is 7.05 Å². The number of hydrogen-bond acceptors (Lipinski definition) is 4. The highest BCUT2D eigenvalue weighted by atomic mass is 19.3. The third-order valence-corrected chi connectivity index (χ3v) is 2.68. The number of rotatable bonds is 7.